The van der Waals surface area contributed by atoms with Crippen LogP contribution in [0.3, 0.4) is 0 Å². The van der Waals surface area contributed by atoms with Gasteiger partial charge in [-0.3, -0.25) is 4.79 Å². The first-order valence-corrected chi connectivity index (χ1v) is 6.72. The van der Waals surface area contributed by atoms with Crippen LogP contribution in [0.15, 0.2) is 36.4 Å². The Kier molecular flexibility index (Phi) is 102. The molecule has 168 valence electrons. The van der Waals surface area contributed by atoms with Gasteiger partial charge in [0, 0.05) is 51.8 Å². The predicted octanol–water partition coefficient (Wildman–Crippen LogP) is 2.22. The number of benzene rings is 1. The second-order valence-corrected chi connectivity index (χ2v) is 3.46. The zero-order valence-electron chi connectivity index (χ0n) is 16.6. The van der Waals surface area contributed by atoms with Crippen molar-refractivity contribution in [1.29, 1.82) is 0 Å². The fraction of sp³-hybridized carbons (Fsp3) is 0.136. The summed E-state index contributed by atoms with van der Waals surface area (Å²) in [6.45, 7) is 28.9. The summed E-state index contributed by atoms with van der Waals surface area (Å²) in [5.41, 5.74) is 1.38. The summed E-state index contributed by atoms with van der Waals surface area (Å²) in [7, 11) is 1.59. The van der Waals surface area contributed by atoms with Crippen molar-refractivity contribution in [2.75, 3.05) is 13.7 Å². The van der Waals surface area contributed by atoms with Crippen LogP contribution in [-0.4, -0.2) is 19.5 Å². The number of Topliss-reactive ketones (excluding diaryl/α,β-unsaturated/α-hetero) is 1. The number of allylic oxidation sites excluding steroid dienone is 2. The Labute approximate surface area is 208 Å². The van der Waals surface area contributed by atoms with Crippen LogP contribution >= 0.6 is 0 Å². The van der Waals surface area contributed by atoms with E-state index in [2.05, 4.69) is 63.6 Å². The molecule has 0 bridgehead atoms. The summed E-state index contributed by atoms with van der Waals surface area (Å²) in [6.07, 6.45) is 3.31. The van der Waals surface area contributed by atoms with Gasteiger partial charge in [0.2, 0.25) is 0 Å². The summed E-state index contributed by atoms with van der Waals surface area (Å²) in [4.78, 5) is 11.4. The van der Waals surface area contributed by atoms with Crippen molar-refractivity contribution in [3.8, 4) is 23.7 Å². The maximum Gasteiger partial charge on any atom is 0 e. The molecule has 8 nitrogen and oxygen atoms in total. The number of hydrogen-bond donors (Lipinski definition) is 0. The number of rotatable bonds is 2. The van der Waals surface area contributed by atoms with Crippen LogP contribution in [0.2, 0.25) is 0 Å². The summed E-state index contributed by atoms with van der Waals surface area (Å²) in [6, 6.07) is 7.29. The van der Waals surface area contributed by atoms with Gasteiger partial charge < -0.3 is 4.74 Å². The van der Waals surface area contributed by atoms with Gasteiger partial charge >= 0.3 is 67.8 Å². The second kappa shape index (κ2) is 63.0. The van der Waals surface area contributed by atoms with E-state index < -0.39 is 0 Å². The first-order chi connectivity index (χ1) is 14.8. The molecule has 1 aromatic carbocycles. The summed E-state index contributed by atoms with van der Waals surface area (Å²) in [5.74, 6) is 11.4. The van der Waals surface area contributed by atoms with E-state index in [0.717, 1.165) is 5.56 Å². The maximum atomic E-state index is 11.4. The zero-order valence-corrected chi connectivity index (χ0v) is 18.7. The van der Waals surface area contributed by atoms with Gasteiger partial charge in [-0.2, -0.15) is 0 Å². The monoisotopic (exact) mass is 524 g/mol. The van der Waals surface area contributed by atoms with Crippen LogP contribution in [0.25, 0.3) is 0 Å². The molecule has 0 aliphatic rings. The molecule has 0 aliphatic heterocycles. The molecule has 0 N–H and O–H groups in total. The average molecular weight is 524 g/mol. The van der Waals surface area contributed by atoms with Crippen molar-refractivity contribution in [1.82, 2.24) is 0 Å². The Morgan fingerprint density at radius 1 is 0.844 bits per heavy atom. The summed E-state index contributed by atoms with van der Waals surface area (Å²) in [5, 5.41) is 0. The third-order valence-corrected chi connectivity index (χ3v) is 2.08. The Morgan fingerprint density at radius 3 is 1.66 bits per heavy atom. The number of ketones is 1. The van der Waals surface area contributed by atoms with Gasteiger partial charge in [-0.15, -0.1) is 0 Å². The smallest absolute Gasteiger partial charge is 0 e. The fourth-order valence-electron chi connectivity index (χ4n) is 1.27. The minimum Gasteiger partial charge on any atom is 0 e. The van der Waals surface area contributed by atoms with Gasteiger partial charge in [-0.05, 0) is 25.1 Å². The van der Waals surface area contributed by atoms with E-state index in [1.807, 2.05) is 18.2 Å². The average Bonchev–Trinajstić information content (AvgIpc) is 2.86. The molecule has 0 aromatic heterocycles. The van der Waals surface area contributed by atoms with Gasteiger partial charge in [0.15, 0.2) is 5.78 Å². The maximum absolute atomic E-state index is 11.4. The van der Waals surface area contributed by atoms with Gasteiger partial charge in [-0.1, -0.05) is 41.9 Å². The zero-order chi connectivity index (χ0) is 25.2. The van der Waals surface area contributed by atoms with E-state index in [1.54, 1.807) is 25.3 Å². The SMILES string of the molecule is COCC#C/C=C\C#Cc1ccccc1C(C)=O.[C-]#[O+].[C-]#[O+].[C-]#[O+].[C-]#[O+].[C-]#[O+].[C-]#[O+].[Co].[Co]. The number of carbonyl (C=O) groups is 1. The normalized spacial score (nSPS) is 5.56. The van der Waals surface area contributed by atoms with Crippen LogP contribution in [0.5, 0.6) is 0 Å². The van der Waals surface area contributed by atoms with Gasteiger partial charge in [0.25, 0.3) is 0 Å². The second-order valence-electron chi connectivity index (χ2n) is 3.46. The third-order valence-electron chi connectivity index (χ3n) is 2.08. The predicted molar refractivity (Wildman–Crippen MR) is 95.7 cm³/mol. The number of ether oxygens (including phenoxy) is 1. The molecule has 0 spiro atoms. The summed E-state index contributed by atoms with van der Waals surface area (Å²) < 4.78 is 49.8. The molecule has 0 atom stereocenters. The molecule has 1 aromatic rings. The van der Waals surface area contributed by atoms with Crippen molar-refractivity contribution < 1.29 is 71.0 Å². The van der Waals surface area contributed by atoms with E-state index in [0.29, 0.717) is 12.2 Å². The topological polar surface area (TPSA) is 146 Å². The fourth-order valence-corrected chi connectivity index (χ4v) is 1.27. The minimum atomic E-state index is 0. The Morgan fingerprint density at radius 2 is 1.25 bits per heavy atom. The van der Waals surface area contributed by atoms with Gasteiger partial charge in [0.1, 0.15) is 6.61 Å². The number of methoxy groups -OCH3 is 1. The molecule has 32 heavy (non-hydrogen) atoms. The van der Waals surface area contributed by atoms with Crippen molar-refractivity contribution in [3.05, 3.63) is 87.4 Å². The molecule has 0 aliphatic carbocycles. The first kappa shape index (κ1) is 51.6. The minimum absolute atomic E-state index is 0. The third kappa shape index (κ3) is 41.5. The van der Waals surface area contributed by atoms with Gasteiger partial charge in [-0.25, -0.2) is 0 Å². The molecular formula is C22H14Co2O8. The molecule has 1 rings (SSSR count). The van der Waals surface area contributed by atoms with Crippen molar-refractivity contribution >= 4 is 5.78 Å². The van der Waals surface area contributed by atoms with E-state index in [1.165, 1.54) is 6.92 Å². The van der Waals surface area contributed by atoms with Crippen LogP contribution < -0.4 is 0 Å². The molecule has 0 saturated heterocycles. The Bertz CT molecular complexity index is 778. The largest absolute Gasteiger partial charge is 0 e. The van der Waals surface area contributed by atoms with Gasteiger partial charge in [0.05, 0.1) is 0 Å². The molecule has 2 radical (unpaired) electrons. The number of hydrogen-bond acceptors (Lipinski definition) is 2. The van der Waals surface area contributed by atoms with Crippen molar-refractivity contribution in [3.63, 3.8) is 0 Å². The molecule has 10 heteroatoms. The molecule has 0 saturated carbocycles. The van der Waals surface area contributed by atoms with Crippen LogP contribution in [0.1, 0.15) is 22.8 Å². The van der Waals surface area contributed by atoms with Crippen LogP contribution in [-0.2, 0) is 66.2 Å². The van der Waals surface area contributed by atoms with Crippen LogP contribution in [0.4, 0.5) is 0 Å². The Hall–Kier alpha value is -2.84. The molecule has 0 amide bonds. The molecule has 0 unspecified atom stereocenters. The first-order valence-electron chi connectivity index (χ1n) is 6.72. The quantitative estimate of drug-likeness (QED) is 0.253. The Balaban J connectivity index is -0.0000000594. The summed E-state index contributed by atoms with van der Waals surface area (Å²) >= 11 is 0. The van der Waals surface area contributed by atoms with Crippen molar-refractivity contribution in [2.24, 2.45) is 0 Å². The molecule has 0 fully saturated rings. The van der Waals surface area contributed by atoms with Crippen molar-refractivity contribution in [2.45, 2.75) is 6.92 Å². The van der Waals surface area contributed by atoms with E-state index in [4.69, 9.17) is 32.6 Å². The van der Waals surface area contributed by atoms with Crippen LogP contribution in [0, 0.1) is 63.6 Å². The van der Waals surface area contributed by atoms with E-state index >= 15 is 0 Å². The van der Waals surface area contributed by atoms with E-state index in [-0.39, 0.29) is 39.3 Å². The number of carbonyl (C=O) groups excluding carboxylic acids is 1. The molecule has 0 heterocycles. The van der Waals surface area contributed by atoms with E-state index in [9.17, 15) is 4.79 Å². The molecular weight excluding hydrogens is 510 g/mol. The standard InChI is InChI=1S/C16H14O2.6CO.2Co/c1-14(17)16-12-8-7-11-15(16)10-6-4-3-5-9-13-18-2;6*1-2;;/h3-4,7-8,11-12H,13H2,1-2H3;;;;;;;;/b4-3-;;;;;;;;.